The van der Waals surface area contributed by atoms with Gasteiger partial charge in [0.05, 0.1) is 4.92 Å². The Balaban J connectivity index is 2.06. The van der Waals surface area contributed by atoms with Crippen molar-refractivity contribution in [1.82, 2.24) is 0 Å². The summed E-state index contributed by atoms with van der Waals surface area (Å²) in [7, 11) is 0. The maximum absolute atomic E-state index is 10.5. The van der Waals surface area contributed by atoms with Crippen molar-refractivity contribution in [2.75, 3.05) is 0 Å². The summed E-state index contributed by atoms with van der Waals surface area (Å²) in [4.78, 5) is 10.1. The van der Waals surface area contributed by atoms with Crippen LogP contribution >= 0.6 is 15.9 Å². The maximum Gasteiger partial charge on any atom is 0.269 e. The topological polar surface area (TPSA) is 63.4 Å². The number of rotatable bonds is 4. The second-order valence-corrected chi connectivity index (χ2v) is 5.05. The third-order valence-corrected chi connectivity index (χ3v) is 3.63. The van der Waals surface area contributed by atoms with Crippen LogP contribution < -0.4 is 0 Å². The van der Waals surface area contributed by atoms with Crippen LogP contribution in [-0.2, 0) is 12.8 Å². The van der Waals surface area contributed by atoms with Gasteiger partial charge in [-0.2, -0.15) is 0 Å². The number of hydrogen-bond acceptors (Lipinski definition) is 3. The van der Waals surface area contributed by atoms with Gasteiger partial charge in [-0.05, 0) is 42.2 Å². The van der Waals surface area contributed by atoms with Gasteiger partial charge in [0, 0.05) is 16.6 Å². The van der Waals surface area contributed by atoms with E-state index in [-0.39, 0.29) is 11.4 Å². The van der Waals surface area contributed by atoms with E-state index in [4.69, 9.17) is 0 Å². The molecule has 0 saturated carbocycles. The second-order valence-electron chi connectivity index (χ2n) is 4.20. The van der Waals surface area contributed by atoms with Crippen molar-refractivity contribution in [3.63, 3.8) is 0 Å². The molecule has 2 aromatic rings. The van der Waals surface area contributed by atoms with E-state index in [2.05, 4.69) is 15.9 Å². The minimum atomic E-state index is -0.407. The van der Waals surface area contributed by atoms with E-state index in [0.29, 0.717) is 0 Å². The van der Waals surface area contributed by atoms with Gasteiger partial charge in [0.2, 0.25) is 0 Å². The number of non-ortho nitro benzene ring substituents is 1. The number of benzene rings is 2. The van der Waals surface area contributed by atoms with E-state index in [0.717, 1.165) is 28.4 Å². The van der Waals surface area contributed by atoms with E-state index in [9.17, 15) is 15.2 Å². The molecule has 0 atom stereocenters. The number of phenols is 1. The first-order valence-corrected chi connectivity index (χ1v) is 6.56. The van der Waals surface area contributed by atoms with Gasteiger partial charge in [-0.1, -0.05) is 28.1 Å². The molecule has 2 aromatic carbocycles. The molecule has 0 bridgehead atoms. The highest BCUT2D eigenvalue weighted by Gasteiger charge is 2.05. The average Bonchev–Trinajstić information content (AvgIpc) is 2.40. The lowest BCUT2D eigenvalue weighted by Gasteiger charge is -2.05. The van der Waals surface area contributed by atoms with Gasteiger partial charge >= 0.3 is 0 Å². The van der Waals surface area contributed by atoms with E-state index in [1.54, 1.807) is 30.3 Å². The van der Waals surface area contributed by atoms with Crippen LogP contribution in [0.3, 0.4) is 0 Å². The van der Waals surface area contributed by atoms with Crippen molar-refractivity contribution in [3.05, 3.63) is 68.2 Å². The largest absolute Gasteiger partial charge is 0.508 e. The number of phenolic OH excluding ortho intramolecular Hbond substituents is 1. The Kier molecular flexibility index (Phi) is 4.16. The zero-order valence-electron chi connectivity index (χ0n) is 10.0. The lowest BCUT2D eigenvalue weighted by atomic mass is 10.0. The first kappa shape index (κ1) is 13.5. The van der Waals surface area contributed by atoms with Crippen molar-refractivity contribution < 1.29 is 10.0 Å². The monoisotopic (exact) mass is 321 g/mol. The van der Waals surface area contributed by atoms with Gasteiger partial charge in [0.15, 0.2) is 0 Å². The molecule has 0 spiro atoms. The van der Waals surface area contributed by atoms with Crippen LogP contribution in [0.5, 0.6) is 5.75 Å². The highest BCUT2D eigenvalue weighted by molar-refractivity contribution is 9.10. The summed E-state index contributed by atoms with van der Waals surface area (Å²) in [6.07, 6.45) is 1.52. The van der Waals surface area contributed by atoms with E-state index in [1.165, 1.54) is 12.1 Å². The number of hydrogen-bond donors (Lipinski definition) is 1. The molecule has 0 radical (unpaired) electrons. The fourth-order valence-electron chi connectivity index (χ4n) is 1.82. The molecular formula is C14H12BrNO3. The highest BCUT2D eigenvalue weighted by atomic mass is 79.9. The third kappa shape index (κ3) is 3.54. The lowest BCUT2D eigenvalue weighted by Crippen LogP contribution is -1.93. The predicted molar refractivity (Wildman–Crippen MR) is 76.3 cm³/mol. The highest BCUT2D eigenvalue weighted by Crippen LogP contribution is 2.23. The first-order valence-electron chi connectivity index (χ1n) is 5.77. The predicted octanol–water partition coefficient (Wildman–Crippen LogP) is 3.85. The van der Waals surface area contributed by atoms with Crippen molar-refractivity contribution in [2.24, 2.45) is 0 Å². The zero-order chi connectivity index (χ0) is 13.8. The third-order valence-electron chi connectivity index (χ3n) is 2.86. The van der Waals surface area contributed by atoms with Gasteiger partial charge in [-0.3, -0.25) is 10.1 Å². The molecule has 0 aliphatic rings. The van der Waals surface area contributed by atoms with Gasteiger partial charge in [0.1, 0.15) is 5.75 Å². The second kappa shape index (κ2) is 5.84. The molecule has 5 heteroatoms. The molecule has 0 amide bonds. The molecule has 0 aromatic heterocycles. The normalized spacial score (nSPS) is 10.4. The van der Waals surface area contributed by atoms with Crippen LogP contribution in [0.2, 0.25) is 0 Å². The van der Waals surface area contributed by atoms with Crippen molar-refractivity contribution in [1.29, 1.82) is 0 Å². The maximum atomic E-state index is 10.5. The van der Waals surface area contributed by atoms with Crippen molar-refractivity contribution in [2.45, 2.75) is 12.8 Å². The Morgan fingerprint density at radius 2 is 1.79 bits per heavy atom. The standard InChI is InChI=1S/C14H12BrNO3/c15-14-8-7-13(17)9-11(14)4-1-10-2-5-12(6-3-10)16(18)19/h2-3,5-9,17H,1,4H2. The molecule has 4 nitrogen and oxygen atoms in total. The summed E-state index contributed by atoms with van der Waals surface area (Å²) >= 11 is 3.43. The molecule has 0 aliphatic heterocycles. The number of aryl methyl sites for hydroxylation is 2. The van der Waals surface area contributed by atoms with Crippen LogP contribution in [0, 0.1) is 10.1 Å². The number of halogens is 1. The molecule has 0 unspecified atom stereocenters. The van der Waals surface area contributed by atoms with Crippen molar-refractivity contribution >= 4 is 21.6 Å². The fourth-order valence-corrected chi connectivity index (χ4v) is 2.26. The molecule has 0 saturated heterocycles. The van der Waals surface area contributed by atoms with Crippen LogP contribution in [0.15, 0.2) is 46.9 Å². The molecular weight excluding hydrogens is 310 g/mol. The molecule has 0 fully saturated rings. The Hall–Kier alpha value is -1.88. The summed E-state index contributed by atoms with van der Waals surface area (Å²) in [6, 6.07) is 11.7. The lowest BCUT2D eigenvalue weighted by molar-refractivity contribution is -0.384. The van der Waals surface area contributed by atoms with Gasteiger partial charge < -0.3 is 5.11 Å². The smallest absolute Gasteiger partial charge is 0.269 e. The summed E-state index contributed by atoms with van der Waals surface area (Å²) < 4.78 is 0.951. The van der Waals surface area contributed by atoms with Gasteiger partial charge in [-0.25, -0.2) is 0 Å². The first-order chi connectivity index (χ1) is 9.06. The Morgan fingerprint density at radius 1 is 1.11 bits per heavy atom. The summed E-state index contributed by atoms with van der Waals surface area (Å²) in [6.45, 7) is 0. The fraction of sp³-hybridized carbons (Fsp3) is 0.143. The minimum absolute atomic E-state index is 0.0993. The van der Waals surface area contributed by atoms with E-state index < -0.39 is 4.92 Å². The molecule has 98 valence electrons. The summed E-state index contributed by atoms with van der Waals surface area (Å²) in [5.41, 5.74) is 2.14. The van der Waals surface area contributed by atoms with Crippen molar-refractivity contribution in [3.8, 4) is 5.75 Å². The van der Waals surface area contributed by atoms with E-state index >= 15 is 0 Å². The average molecular weight is 322 g/mol. The van der Waals surface area contributed by atoms with Crippen LogP contribution in [-0.4, -0.2) is 10.0 Å². The Labute approximate surface area is 119 Å². The molecule has 19 heavy (non-hydrogen) atoms. The van der Waals surface area contributed by atoms with Crippen LogP contribution in [0.1, 0.15) is 11.1 Å². The van der Waals surface area contributed by atoms with Gasteiger partial charge in [0.25, 0.3) is 5.69 Å². The summed E-state index contributed by atoms with van der Waals surface area (Å²) in [5, 5.41) is 20.0. The number of nitro groups is 1. The SMILES string of the molecule is O=[N+]([O-])c1ccc(CCc2cc(O)ccc2Br)cc1. The zero-order valence-corrected chi connectivity index (χ0v) is 11.6. The minimum Gasteiger partial charge on any atom is -0.508 e. The van der Waals surface area contributed by atoms with Crippen LogP contribution in [0.4, 0.5) is 5.69 Å². The Bertz CT molecular complexity index is 596. The van der Waals surface area contributed by atoms with Gasteiger partial charge in [-0.15, -0.1) is 0 Å². The number of nitrogens with zero attached hydrogens (tertiary/aromatic N) is 1. The quantitative estimate of drug-likeness (QED) is 0.687. The molecule has 0 heterocycles. The Morgan fingerprint density at radius 3 is 2.42 bits per heavy atom. The van der Waals surface area contributed by atoms with Crippen LogP contribution in [0.25, 0.3) is 0 Å². The molecule has 2 rings (SSSR count). The number of nitro benzene ring substituents is 1. The molecule has 0 aliphatic carbocycles. The molecule has 1 N–H and O–H groups in total. The number of aromatic hydroxyl groups is 1. The van der Waals surface area contributed by atoms with E-state index in [1.807, 2.05) is 0 Å². The summed E-state index contributed by atoms with van der Waals surface area (Å²) in [5.74, 6) is 0.238.